The van der Waals surface area contributed by atoms with E-state index < -0.39 is 15.9 Å². The molecule has 1 aliphatic heterocycles. The Morgan fingerprint density at radius 3 is 2.29 bits per heavy atom. The van der Waals surface area contributed by atoms with Gasteiger partial charge in [-0.05, 0) is 42.8 Å². The summed E-state index contributed by atoms with van der Waals surface area (Å²) in [6.07, 6.45) is 1.11. The van der Waals surface area contributed by atoms with Crippen LogP contribution in [0.3, 0.4) is 0 Å². The number of esters is 1. The average molecular weight is 465 g/mol. The number of benzene rings is 2. The van der Waals surface area contributed by atoms with Gasteiger partial charge < -0.3 is 9.64 Å². The Hall–Kier alpha value is -2.42. The van der Waals surface area contributed by atoms with Gasteiger partial charge in [-0.25, -0.2) is 13.2 Å². The van der Waals surface area contributed by atoms with Gasteiger partial charge in [0, 0.05) is 43.0 Å². The maximum Gasteiger partial charge on any atom is 0.328 e. The van der Waals surface area contributed by atoms with E-state index in [1.54, 1.807) is 48.2 Å². The largest absolute Gasteiger partial charge is 0.465 e. The third-order valence-corrected chi connectivity index (χ3v) is 6.53. The summed E-state index contributed by atoms with van der Waals surface area (Å²) in [5, 5.41) is 0.582. The first kappa shape index (κ1) is 23.2. The van der Waals surface area contributed by atoms with Crippen molar-refractivity contribution >= 4 is 33.3 Å². The summed E-state index contributed by atoms with van der Waals surface area (Å²) in [7, 11) is -3.40. The molecule has 1 amide bonds. The fraction of sp³-hybridized carbons (Fsp3) is 0.364. The van der Waals surface area contributed by atoms with E-state index in [-0.39, 0.29) is 23.4 Å². The van der Waals surface area contributed by atoms with Crippen LogP contribution in [0.2, 0.25) is 5.02 Å². The van der Waals surface area contributed by atoms with Gasteiger partial charge in [-0.3, -0.25) is 9.69 Å². The molecular weight excluding hydrogens is 440 g/mol. The second kappa shape index (κ2) is 9.80. The zero-order valence-electron chi connectivity index (χ0n) is 17.5. The first-order valence-corrected chi connectivity index (χ1v) is 12.2. The zero-order valence-corrected chi connectivity index (χ0v) is 19.0. The lowest BCUT2D eigenvalue weighted by atomic mass is 10.0. The number of carbonyl (C=O) groups excluding carboxylic acids is 2. The van der Waals surface area contributed by atoms with Crippen LogP contribution in [-0.4, -0.2) is 69.1 Å². The molecule has 1 heterocycles. The van der Waals surface area contributed by atoms with E-state index >= 15 is 0 Å². The lowest BCUT2D eigenvalue weighted by Crippen LogP contribution is -2.51. The van der Waals surface area contributed by atoms with Crippen molar-refractivity contribution in [3.63, 3.8) is 0 Å². The Bertz CT molecular complexity index is 1050. The molecule has 0 saturated carbocycles. The van der Waals surface area contributed by atoms with E-state index in [0.29, 0.717) is 36.8 Å². The van der Waals surface area contributed by atoms with Crippen LogP contribution in [0.15, 0.2) is 53.4 Å². The fourth-order valence-corrected chi connectivity index (χ4v) is 4.38. The first-order chi connectivity index (χ1) is 14.7. The minimum atomic E-state index is -3.40. The van der Waals surface area contributed by atoms with Gasteiger partial charge in [0.05, 0.1) is 11.5 Å². The molecule has 31 heavy (non-hydrogen) atoms. The Labute approximate surface area is 187 Å². The third kappa shape index (κ3) is 5.64. The molecule has 0 spiro atoms. The van der Waals surface area contributed by atoms with Crippen molar-refractivity contribution in [1.82, 2.24) is 9.80 Å². The van der Waals surface area contributed by atoms with Crippen molar-refractivity contribution in [2.24, 2.45) is 0 Å². The summed E-state index contributed by atoms with van der Waals surface area (Å²) >= 11 is 5.98. The number of hydrogen-bond acceptors (Lipinski definition) is 6. The molecular formula is C22H25ClN2O5S. The molecule has 7 nitrogen and oxygen atoms in total. The lowest BCUT2D eigenvalue weighted by Gasteiger charge is -2.38. The number of halogens is 1. The monoisotopic (exact) mass is 464 g/mol. The van der Waals surface area contributed by atoms with E-state index in [9.17, 15) is 18.0 Å². The molecule has 1 aliphatic rings. The van der Waals surface area contributed by atoms with Crippen LogP contribution in [0.5, 0.6) is 0 Å². The molecule has 0 aliphatic carbocycles. The standard InChI is InChI=1S/C22H25ClN2O5S/c1-3-30-22(27)20(16-7-9-18(23)10-8-16)24-11-13-25(14-12-24)21(26)17-5-4-6-19(15-17)31(2,28)29/h4-10,15,20H,3,11-14H2,1-2H3. The fourth-order valence-electron chi connectivity index (χ4n) is 3.59. The van der Waals surface area contributed by atoms with Gasteiger partial charge in [0.1, 0.15) is 6.04 Å². The summed E-state index contributed by atoms with van der Waals surface area (Å²) in [5.74, 6) is -0.574. The van der Waals surface area contributed by atoms with Crippen LogP contribution in [0, 0.1) is 0 Å². The highest BCUT2D eigenvalue weighted by Crippen LogP contribution is 2.26. The van der Waals surface area contributed by atoms with Gasteiger partial charge in [0.2, 0.25) is 0 Å². The molecule has 0 radical (unpaired) electrons. The van der Waals surface area contributed by atoms with Crippen LogP contribution >= 0.6 is 11.6 Å². The van der Waals surface area contributed by atoms with Gasteiger partial charge in [0.15, 0.2) is 9.84 Å². The van der Waals surface area contributed by atoms with E-state index in [1.807, 2.05) is 4.90 Å². The average Bonchev–Trinajstić information content (AvgIpc) is 2.75. The molecule has 0 bridgehead atoms. The Morgan fingerprint density at radius 1 is 1.06 bits per heavy atom. The van der Waals surface area contributed by atoms with Crippen LogP contribution in [-0.2, 0) is 19.4 Å². The van der Waals surface area contributed by atoms with E-state index in [4.69, 9.17) is 16.3 Å². The van der Waals surface area contributed by atoms with E-state index in [2.05, 4.69) is 0 Å². The maximum absolute atomic E-state index is 12.9. The number of nitrogens with zero attached hydrogens (tertiary/aromatic N) is 2. The topological polar surface area (TPSA) is 84.0 Å². The van der Waals surface area contributed by atoms with Crippen molar-refractivity contribution in [3.05, 3.63) is 64.7 Å². The zero-order chi connectivity index (χ0) is 22.6. The van der Waals surface area contributed by atoms with Crippen molar-refractivity contribution < 1.29 is 22.7 Å². The second-order valence-electron chi connectivity index (χ2n) is 7.33. The Balaban J connectivity index is 1.74. The summed E-state index contributed by atoms with van der Waals surface area (Å²) < 4.78 is 28.9. The minimum absolute atomic E-state index is 0.113. The molecule has 1 fully saturated rings. The molecule has 166 valence electrons. The molecule has 1 unspecified atom stereocenters. The highest BCUT2D eigenvalue weighted by atomic mass is 35.5. The SMILES string of the molecule is CCOC(=O)C(c1ccc(Cl)cc1)N1CCN(C(=O)c2cccc(S(C)(=O)=O)c2)CC1. The summed E-state index contributed by atoms with van der Waals surface area (Å²) in [4.78, 5) is 29.3. The Kier molecular flexibility index (Phi) is 7.35. The number of amides is 1. The number of piperazine rings is 1. The van der Waals surface area contributed by atoms with Crippen LogP contribution < -0.4 is 0 Å². The van der Waals surface area contributed by atoms with Crippen molar-refractivity contribution in [2.45, 2.75) is 17.9 Å². The van der Waals surface area contributed by atoms with Gasteiger partial charge in [0.25, 0.3) is 5.91 Å². The number of hydrogen-bond donors (Lipinski definition) is 0. The van der Waals surface area contributed by atoms with Crippen LogP contribution in [0.25, 0.3) is 0 Å². The van der Waals surface area contributed by atoms with Gasteiger partial charge in [-0.1, -0.05) is 29.8 Å². The molecule has 3 rings (SSSR count). The second-order valence-corrected chi connectivity index (χ2v) is 9.79. The third-order valence-electron chi connectivity index (χ3n) is 5.17. The number of carbonyl (C=O) groups is 2. The van der Waals surface area contributed by atoms with Crippen LogP contribution in [0.4, 0.5) is 0 Å². The summed E-state index contributed by atoms with van der Waals surface area (Å²) in [6.45, 7) is 3.81. The van der Waals surface area contributed by atoms with Crippen molar-refractivity contribution in [1.29, 1.82) is 0 Å². The first-order valence-electron chi connectivity index (χ1n) is 9.96. The number of ether oxygens (including phenoxy) is 1. The molecule has 0 N–H and O–H groups in total. The molecule has 9 heteroatoms. The molecule has 1 atom stereocenters. The molecule has 2 aromatic rings. The minimum Gasteiger partial charge on any atom is -0.465 e. The van der Waals surface area contributed by atoms with Crippen molar-refractivity contribution in [2.75, 3.05) is 39.0 Å². The van der Waals surface area contributed by atoms with Gasteiger partial charge in [-0.15, -0.1) is 0 Å². The highest BCUT2D eigenvalue weighted by Gasteiger charge is 2.33. The maximum atomic E-state index is 12.9. The lowest BCUT2D eigenvalue weighted by molar-refractivity contribution is -0.150. The molecule has 2 aromatic carbocycles. The summed E-state index contributed by atoms with van der Waals surface area (Å²) in [6, 6.07) is 12.5. The summed E-state index contributed by atoms with van der Waals surface area (Å²) in [5.41, 5.74) is 1.11. The normalized spacial score (nSPS) is 16.0. The van der Waals surface area contributed by atoms with E-state index in [0.717, 1.165) is 11.8 Å². The number of sulfone groups is 1. The highest BCUT2D eigenvalue weighted by molar-refractivity contribution is 7.90. The van der Waals surface area contributed by atoms with Gasteiger partial charge >= 0.3 is 5.97 Å². The predicted molar refractivity (Wildman–Crippen MR) is 118 cm³/mol. The predicted octanol–water partition coefficient (Wildman–Crippen LogP) is 2.81. The Morgan fingerprint density at radius 2 is 1.71 bits per heavy atom. The quantitative estimate of drug-likeness (QED) is 0.611. The van der Waals surface area contributed by atoms with Gasteiger partial charge in [-0.2, -0.15) is 0 Å². The van der Waals surface area contributed by atoms with Crippen molar-refractivity contribution in [3.8, 4) is 0 Å². The van der Waals surface area contributed by atoms with E-state index in [1.165, 1.54) is 12.1 Å². The smallest absolute Gasteiger partial charge is 0.328 e. The van der Waals surface area contributed by atoms with Crippen LogP contribution in [0.1, 0.15) is 28.9 Å². The molecule has 0 aromatic heterocycles. The molecule has 1 saturated heterocycles. The number of rotatable bonds is 6.